The molecule has 0 aliphatic carbocycles. The lowest BCUT2D eigenvalue weighted by Crippen LogP contribution is -2.37. The van der Waals surface area contributed by atoms with Gasteiger partial charge in [0.25, 0.3) is 5.91 Å². The number of rotatable bonds is 4. The molecule has 160 valence electrons. The molecule has 2 saturated heterocycles. The van der Waals surface area contributed by atoms with Gasteiger partial charge in [-0.15, -0.1) is 0 Å². The van der Waals surface area contributed by atoms with Gasteiger partial charge < -0.3 is 4.90 Å². The van der Waals surface area contributed by atoms with Crippen LogP contribution in [0.15, 0.2) is 49.1 Å². The molecular formula is C21H19F3N6O. The number of fused-ring (bicyclic) bond motifs is 2. The minimum Gasteiger partial charge on any atom is -0.332 e. The van der Waals surface area contributed by atoms with Crippen molar-refractivity contribution in [3.63, 3.8) is 0 Å². The van der Waals surface area contributed by atoms with Gasteiger partial charge in [0.1, 0.15) is 0 Å². The van der Waals surface area contributed by atoms with E-state index >= 15 is 0 Å². The van der Waals surface area contributed by atoms with E-state index < -0.39 is 11.9 Å². The number of para-hydroxylation sites is 1. The van der Waals surface area contributed by atoms with E-state index in [-0.39, 0.29) is 23.9 Å². The molecule has 2 aliphatic heterocycles. The highest BCUT2D eigenvalue weighted by molar-refractivity contribution is 5.98. The highest BCUT2D eigenvalue weighted by atomic mass is 19.4. The van der Waals surface area contributed by atoms with Crippen molar-refractivity contribution >= 4 is 5.91 Å². The first-order valence-corrected chi connectivity index (χ1v) is 10.1. The Kier molecular flexibility index (Phi) is 4.71. The second-order valence-corrected chi connectivity index (χ2v) is 7.94. The predicted octanol–water partition coefficient (Wildman–Crippen LogP) is 3.31. The second kappa shape index (κ2) is 7.44. The van der Waals surface area contributed by atoms with E-state index in [1.807, 2.05) is 17.0 Å². The van der Waals surface area contributed by atoms with Gasteiger partial charge in [0.05, 0.1) is 35.5 Å². The van der Waals surface area contributed by atoms with Crippen LogP contribution in [0.2, 0.25) is 0 Å². The molecule has 0 radical (unpaired) electrons. The third-order valence-corrected chi connectivity index (χ3v) is 6.14. The van der Waals surface area contributed by atoms with Crippen molar-refractivity contribution in [3.8, 4) is 5.69 Å². The lowest BCUT2D eigenvalue weighted by molar-refractivity contribution is -0.141. The Morgan fingerprint density at radius 2 is 1.84 bits per heavy atom. The van der Waals surface area contributed by atoms with Crippen LogP contribution in [-0.4, -0.2) is 47.9 Å². The van der Waals surface area contributed by atoms with Crippen LogP contribution >= 0.6 is 0 Å². The van der Waals surface area contributed by atoms with Gasteiger partial charge in [-0.2, -0.15) is 28.2 Å². The van der Waals surface area contributed by atoms with Crippen LogP contribution in [0.3, 0.4) is 0 Å². The summed E-state index contributed by atoms with van der Waals surface area (Å²) in [4.78, 5) is 24.3. The maximum atomic E-state index is 13.5. The van der Waals surface area contributed by atoms with Crippen LogP contribution in [0.5, 0.6) is 0 Å². The summed E-state index contributed by atoms with van der Waals surface area (Å²) in [7, 11) is 0. The molecule has 0 saturated carbocycles. The van der Waals surface area contributed by atoms with Crippen molar-refractivity contribution in [1.29, 1.82) is 0 Å². The first kappa shape index (κ1) is 19.7. The van der Waals surface area contributed by atoms with Gasteiger partial charge in [-0.3, -0.25) is 9.78 Å². The molecule has 3 atom stereocenters. The number of alkyl halides is 3. The molecule has 2 fully saturated rings. The zero-order valence-electron chi connectivity index (χ0n) is 16.4. The Balaban J connectivity index is 1.36. The van der Waals surface area contributed by atoms with Gasteiger partial charge in [0.15, 0.2) is 5.69 Å². The first-order chi connectivity index (χ1) is 14.9. The van der Waals surface area contributed by atoms with Crippen molar-refractivity contribution in [2.24, 2.45) is 5.92 Å². The van der Waals surface area contributed by atoms with E-state index in [1.165, 1.54) is 11.0 Å². The van der Waals surface area contributed by atoms with Gasteiger partial charge in [-0.1, -0.05) is 12.1 Å². The van der Waals surface area contributed by atoms with Crippen molar-refractivity contribution < 1.29 is 18.0 Å². The fraction of sp³-hybridized carbons (Fsp3) is 0.381. The Labute approximate surface area is 175 Å². The molecule has 2 aliphatic rings. The summed E-state index contributed by atoms with van der Waals surface area (Å²) >= 11 is 0. The topological polar surface area (TPSA) is 76.8 Å². The monoisotopic (exact) mass is 428 g/mol. The molecule has 2 aromatic heterocycles. The largest absolute Gasteiger partial charge is 0.434 e. The Bertz CT molecular complexity index is 1080. The standard InChI is InChI=1S/C21H19F3N6O/c22-21(23,24)19-12-25-14(11-26-19)9-13-10-15-5-6-17(13)29(15)20(31)16-3-1-2-4-18(16)30-27-7-8-28-30/h1-4,7-8,11-13,15,17H,5-6,9-10H2. The van der Waals surface area contributed by atoms with Crippen molar-refractivity contribution in [1.82, 2.24) is 29.9 Å². The number of carbonyl (C=O) groups is 1. The summed E-state index contributed by atoms with van der Waals surface area (Å²) in [6.07, 6.45) is 3.69. The highest BCUT2D eigenvalue weighted by Gasteiger charge is 2.49. The molecule has 3 aromatic rings. The number of carbonyl (C=O) groups excluding carboxylic acids is 1. The van der Waals surface area contributed by atoms with E-state index in [9.17, 15) is 18.0 Å². The number of hydrogen-bond donors (Lipinski definition) is 0. The van der Waals surface area contributed by atoms with Gasteiger partial charge >= 0.3 is 6.18 Å². The normalized spacial score (nSPS) is 22.8. The molecule has 1 amide bonds. The summed E-state index contributed by atoms with van der Waals surface area (Å²) in [5.74, 6) is 0.0742. The molecule has 0 N–H and O–H groups in total. The molecule has 0 spiro atoms. The van der Waals surface area contributed by atoms with Crippen molar-refractivity contribution in [2.45, 2.75) is 43.9 Å². The van der Waals surface area contributed by atoms with Gasteiger partial charge in [-0.05, 0) is 43.7 Å². The molecule has 1 aromatic carbocycles. The third-order valence-electron chi connectivity index (χ3n) is 6.14. The summed E-state index contributed by atoms with van der Waals surface area (Å²) < 4.78 is 38.2. The van der Waals surface area contributed by atoms with Crippen molar-refractivity contribution in [3.05, 3.63) is 66.0 Å². The third kappa shape index (κ3) is 3.55. The average Bonchev–Trinajstić information content (AvgIpc) is 3.50. The lowest BCUT2D eigenvalue weighted by Gasteiger charge is -2.25. The summed E-state index contributed by atoms with van der Waals surface area (Å²) in [6, 6.07) is 7.37. The molecule has 31 heavy (non-hydrogen) atoms. The number of nitrogens with zero attached hydrogens (tertiary/aromatic N) is 6. The maximum Gasteiger partial charge on any atom is 0.434 e. The van der Waals surface area contributed by atoms with Crippen LogP contribution in [0.25, 0.3) is 5.69 Å². The minimum absolute atomic E-state index is 0.0280. The molecule has 2 bridgehead atoms. The zero-order chi connectivity index (χ0) is 21.6. The first-order valence-electron chi connectivity index (χ1n) is 10.1. The van der Waals surface area contributed by atoms with E-state index in [2.05, 4.69) is 20.2 Å². The van der Waals surface area contributed by atoms with Crippen LogP contribution in [-0.2, 0) is 12.6 Å². The SMILES string of the molecule is O=C(c1ccccc1-n1nccn1)N1C2CCC1C(Cc1cnc(C(F)(F)F)cn1)C2. The molecule has 7 nitrogen and oxygen atoms in total. The van der Waals surface area contributed by atoms with E-state index in [0.29, 0.717) is 23.4 Å². The van der Waals surface area contributed by atoms with Gasteiger partial charge in [0, 0.05) is 18.3 Å². The summed E-state index contributed by atoms with van der Waals surface area (Å²) in [6.45, 7) is 0. The molecule has 3 unspecified atom stereocenters. The maximum absolute atomic E-state index is 13.5. The number of hydrogen-bond acceptors (Lipinski definition) is 5. The van der Waals surface area contributed by atoms with Crippen LogP contribution in [0.4, 0.5) is 13.2 Å². The Morgan fingerprint density at radius 3 is 2.55 bits per heavy atom. The molecule has 5 rings (SSSR count). The fourth-order valence-electron chi connectivity index (χ4n) is 4.83. The van der Waals surface area contributed by atoms with Crippen LogP contribution in [0, 0.1) is 5.92 Å². The average molecular weight is 428 g/mol. The lowest BCUT2D eigenvalue weighted by atomic mass is 9.86. The Hall–Kier alpha value is -3.30. The quantitative estimate of drug-likeness (QED) is 0.637. The smallest absolute Gasteiger partial charge is 0.332 e. The number of halogens is 3. The molecule has 10 heteroatoms. The summed E-state index contributed by atoms with van der Waals surface area (Å²) in [5.41, 5.74) is 0.670. The predicted molar refractivity (Wildman–Crippen MR) is 103 cm³/mol. The minimum atomic E-state index is -4.50. The number of aromatic nitrogens is 5. The van der Waals surface area contributed by atoms with Crippen molar-refractivity contribution in [2.75, 3.05) is 0 Å². The van der Waals surface area contributed by atoms with E-state index in [4.69, 9.17) is 0 Å². The number of amides is 1. The Morgan fingerprint density at radius 1 is 1.06 bits per heavy atom. The molecular weight excluding hydrogens is 409 g/mol. The van der Waals surface area contributed by atoms with Gasteiger partial charge in [0.2, 0.25) is 0 Å². The van der Waals surface area contributed by atoms with Gasteiger partial charge in [-0.25, -0.2) is 4.98 Å². The van der Waals surface area contributed by atoms with Crippen LogP contribution in [0.1, 0.15) is 41.0 Å². The fourth-order valence-corrected chi connectivity index (χ4v) is 4.83. The number of benzene rings is 1. The molecule has 4 heterocycles. The highest BCUT2D eigenvalue weighted by Crippen LogP contribution is 2.44. The van der Waals surface area contributed by atoms with E-state index in [0.717, 1.165) is 25.5 Å². The summed E-state index contributed by atoms with van der Waals surface area (Å²) in [5, 5.41) is 8.29. The second-order valence-electron chi connectivity index (χ2n) is 7.94. The van der Waals surface area contributed by atoms with Crippen LogP contribution < -0.4 is 0 Å². The van der Waals surface area contributed by atoms with E-state index in [1.54, 1.807) is 24.5 Å². The zero-order valence-corrected chi connectivity index (χ0v) is 16.4.